The summed E-state index contributed by atoms with van der Waals surface area (Å²) in [6.45, 7) is 1.29. The van der Waals surface area contributed by atoms with Crippen molar-refractivity contribution in [1.82, 2.24) is 0 Å². The second kappa shape index (κ2) is 5.09. The second-order valence-corrected chi connectivity index (χ2v) is 3.41. The van der Waals surface area contributed by atoms with Gasteiger partial charge in [0.25, 0.3) is 0 Å². The Morgan fingerprint density at radius 3 is 3.17 bits per heavy atom. The third-order valence-corrected chi connectivity index (χ3v) is 2.34. The van der Waals surface area contributed by atoms with Crippen molar-refractivity contribution in [2.45, 2.75) is 6.61 Å². The molecule has 0 aliphatic heterocycles. The Morgan fingerprint density at radius 2 is 2.50 bits per heavy atom. The fourth-order valence-corrected chi connectivity index (χ4v) is 1.73. The topological polar surface area (TPSA) is 35.2 Å². The summed E-state index contributed by atoms with van der Waals surface area (Å²) in [5, 5.41) is 2.10. The lowest BCUT2D eigenvalue weighted by Crippen LogP contribution is -1.91. The molecule has 0 spiro atoms. The molecule has 1 aromatic rings. The molecule has 0 bridgehead atoms. The first-order chi connectivity index (χ1) is 5.86. The number of thiophene rings is 1. The van der Waals surface area contributed by atoms with E-state index in [1.807, 2.05) is 12.2 Å². The van der Waals surface area contributed by atoms with Crippen LogP contribution in [0.4, 0.5) is 0 Å². The maximum atomic E-state index is 5.33. The lowest BCUT2D eigenvalue weighted by molar-refractivity contribution is 0.187. The third kappa shape index (κ3) is 2.77. The summed E-state index contributed by atoms with van der Waals surface area (Å²) < 4.78 is 5.01. The summed E-state index contributed by atoms with van der Waals surface area (Å²) in [6.07, 6.45) is 3.97. The van der Waals surface area contributed by atoms with Crippen LogP contribution in [-0.4, -0.2) is 13.7 Å². The molecule has 2 N–H and O–H groups in total. The minimum Gasteiger partial charge on any atom is -0.379 e. The van der Waals surface area contributed by atoms with Gasteiger partial charge in [-0.25, -0.2) is 0 Å². The van der Waals surface area contributed by atoms with Gasteiger partial charge in [0.2, 0.25) is 0 Å². The summed E-state index contributed by atoms with van der Waals surface area (Å²) in [5.41, 5.74) is 6.54. The van der Waals surface area contributed by atoms with Crippen molar-refractivity contribution in [2.75, 3.05) is 13.7 Å². The summed E-state index contributed by atoms with van der Waals surface area (Å²) in [6, 6.07) is 2.11. The molecule has 0 saturated carbocycles. The van der Waals surface area contributed by atoms with Gasteiger partial charge >= 0.3 is 0 Å². The van der Waals surface area contributed by atoms with Crippen LogP contribution < -0.4 is 5.73 Å². The molecule has 0 saturated heterocycles. The van der Waals surface area contributed by atoms with Crippen molar-refractivity contribution >= 4 is 17.4 Å². The van der Waals surface area contributed by atoms with Crippen molar-refractivity contribution in [3.05, 3.63) is 28.0 Å². The summed E-state index contributed by atoms with van der Waals surface area (Å²) >= 11 is 1.71. The minimum atomic E-state index is 0.593. The molecule has 0 unspecified atom stereocenters. The number of methoxy groups -OCH3 is 1. The van der Waals surface area contributed by atoms with Gasteiger partial charge in [-0.05, 0) is 17.0 Å². The molecule has 66 valence electrons. The zero-order valence-electron chi connectivity index (χ0n) is 7.12. The van der Waals surface area contributed by atoms with E-state index < -0.39 is 0 Å². The Morgan fingerprint density at radius 1 is 1.67 bits per heavy atom. The third-order valence-electron chi connectivity index (χ3n) is 1.41. The highest BCUT2D eigenvalue weighted by Gasteiger charge is 1.95. The van der Waals surface area contributed by atoms with Gasteiger partial charge in [-0.3, -0.25) is 0 Å². The Hall–Kier alpha value is -0.640. The fraction of sp³-hybridized carbons (Fsp3) is 0.333. The average Bonchev–Trinajstić information content (AvgIpc) is 2.50. The van der Waals surface area contributed by atoms with Gasteiger partial charge in [0.1, 0.15) is 0 Å². The SMILES string of the molecule is COCc1cc(C=CCN)cs1. The fourth-order valence-electron chi connectivity index (χ4n) is 0.907. The molecule has 0 atom stereocenters. The number of hydrogen-bond donors (Lipinski definition) is 1. The molecule has 0 fully saturated rings. The molecule has 1 heterocycles. The van der Waals surface area contributed by atoms with Crippen LogP contribution in [0.3, 0.4) is 0 Å². The van der Waals surface area contributed by atoms with Crippen LogP contribution in [0.2, 0.25) is 0 Å². The van der Waals surface area contributed by atoms with Crippen molar-refractivity contribution < 1.29 is 4.74 Å². The molecule has 12 heavy (non-hydrogen) atoms. The number of rotatable bonds is 4. The first-order valence-corrected chi connectivity index (χ1v) is 4.67. The molecule has 1 aromatic heterocycles. The van der Waals surface area contributed by atoms with E-state index in [0.29, 0.717) is 13.2 Å². The van der Waals surface area contributed by atoms with E-state index in [0.717, 1.165) is 0 Å². The molecule has 0 radical (unpaired) electrons. The predicted molar refractivity (Wildman–Crippen MR) is 53.1 cm³/mol. The molecule has 0 aliphatic carbocycles. The van der Waals surface area contributed by atoms with E-state index in [9.17, 15) is 0 Å². The lowest BCUT2D eigenvalue weighted by Gasteiger charge is -1.90. The highest BCUT2D eigenvalue weighted by Crippen LogP contribution is 2.16. The first kappa shape index (κ1) is 9.45. The monoisotopic (exact) mass is 183 g/mol. The zero-order chi connectivity index (χ0) is 8.81. The Balaban J connectivity index is 2.57. The maximum absolute atomic E-state index is 5.33. The van der Waals surface area contributed by atoms with Crippen molar-refractivity contribution in [3.8, 4) is 0 Å². The first-order valence-electron chi connectivity index (χ1n) is 3.79. The predicted octanol–water partition coefficient (Wildman–Crippen LogP) is 1.87. The highest BCUT2D eigenvalue weighted by molar-refractivity contribution is 7.10. The van der Waals surface area contributed by atoms with E-state index in [2.05, 4.69) is 11.4 Å². The van der Waals surface area contributed by atoms with Crippen molar-refractivity contribution in [2.24, 2.45) is 5.73 Å². The van der Waals surface area contributed by atoms with E-state index in [4.69, 9.17) is 10.5 Å². The van der Waals surface area contributed by atoms with Crippen LogP contribution in [0.15, 0.2) is 17.5 Å². The molecule has 1 rings (SSSR count). The van der Waals surface area contributed by atoms with Crippen LogP contribution in [0.1, 0.15) is 10.4 Å². The smallest absolute Gasteiger partial charge is 0.0805 e. The summed E-state index contributed by atoms with van der Waals surface area (Å²) in [5.74, 6) is 0. The Kier molecular flexibility index (Phi) is 4.00. The molecule has 3 heteroatoms. The molecule has 0 amide bonds. The highest BCUT2D eigenvalue weighted by atomic mass is 32.1. The summed E-state index contributed by atoms with van der Waals surface area (Å²) in [7, 11) is 1.70. The van der Waals surface area contributed by atoms with Gasteiger partial charge < -0.3 is 10.5 Å². The number of hydrogen-bond acceptors (Lipinski definition) is 3. The molecular formula is C9H13NOS. The van der Waals surface area contributed by atoms with Crippen molar-refractivity contribution in [3.63, 3.8) is 0 Å². The van der Waals surface area contributed by atoms with Crippen LogP contribution in [0.25, 0.3) is 6.08 Å². The quantitative estimate of drug-likeness (QED) is 0.773. The molecule has 2 nitrogen and oxygen atoms in total. The van der Waals surface area contributed by atoms with E-state index in [1.54, 1.807) is 18.4 Å². The Labute approximate surface area is 76.7 Å². The minimum absolute atomic E-state index is 0.593. The van der Waals surface area contributed by atoms with Crippen molar-refractivity contribution in [1.29, 1.82) is 0 Å². The van der Waals surface area contributed by atoms with Gasteiger partial charge in [-0.1, -0.05) is 12.2 Å². The van der Waals surface area contributed by atoms with Crippen LogP contribution in [-0.2, 0) is 11.3 Å². The van der Waals surface area contributed by atoms with Gasteiger partial charge in [0, 0.05) is 18.5 Å². The number of nitrogens with two attached hydrogens (primary N) is 1. The molecule has 0 aliphatic rings. The van der Waals surface area contributed by atoms with Gasteiger partial charge in [-0.2, -0.15) is 0 Å². The Bertz CT molecular complexity index is 255. The van der Waals surface area contributed by atoms with Crippen LogP contribution in [0, 0.1) is 0 Å². The van der Waals surface area contributed by atoms with E-state index in [1.165, 1.54) is 10.4 Å². The molecule has 0 aromatic carbocycles. The van der Waals surface area contributed by atoms with E-state index in [-0.39, 0.29) is 0 Å². The zero-order valence-corrected chi connectivity index (χ0v) is 7.93. The lowest BCUT2D eigenvalue weighted by atomic mass is 10.3. The summed E-state index contributed by atoms with van der Waals surface area (Å²) in [4.78, 5) is 1.24. The normalized spacial score (nSPS) is 11.2. The van der Waals surface area contributed by atoms with Crippen LogP contribution in [0.5, 0.6) is 0 Å². The van der Waals surface area contributed by atoms with E-state index >= 15 is 0 Å². The average molecular weight is 183 g/mol. The van der Waals surface area contributed by atoms with Gasteiger partial charge in [0.15, 0.2) is 0 Å². The van der Waals surface area contributed by atoms with Gasteiger partial charge in [0.05, 0.1) is 6.61 Å². The standard InChI is InChI=1S/C9H13NOS/c1-11-6-9-5-8(7-12-9)3-2-4-10/h2-3,5,7H,4,6,10H2,1H3. The largest absolute Gasteiger partial charge is 0.379 e. The second-order valence-electron chi connectivity index (χ2n) is 2.42. The van der Waals surface area contributed by atoms with Gasteiger partial charge in [-0.15, -0.1) is 11.3 Å². The number of ether oxygens (including phenoxy) is 1. The maximum Gasteiger partial charge on any atom is 0.0805 e. The van der Waals surface area contributed by atoms with Crippen LogP contribution >= 0.6 is 11.3 Å². The molecular weight excluding hydrogens is 170 g/mol.